The molecular formula is C11H12N4O3S. The monoisotopic (exact) mass is 280 g/mol. The summed E-state index contributed by atoms with van der Waals surface area (Å²) in [6.07, 6.45) is 0. The second-order valence-corrected chi connectivity index (χ2v) is 5.59. The Bertz CT molecular complexity index is 747. The average Bonchev–Trinajstić information content (AvgIpc) is 2.31. The van der Waals surface area contributed by atoms with E-state index >= 15 is 0 Å². The van der Waals surface area contributed by atoms with Gasteiger partial charge in [-0.25, -0.2) is 13.5 Å². The summed E-state index contributed by atoms with van der Waals surface area (Å²) in [4.78, 5) is 10.9. The summed E-state index contributed by atoms with van der Waals surface area (Å²) in [5.41, 5.74) is 6.17. The summed E-state index contributed by atoms with van der Waals surface area (Å²) in [6.45, 7) is 1.64. The third-order valence-corrected chi connectivity index (χ3v) is 3.92. The summed E-state index contributed by atoms with van der Waals surface area (Å²) in [6, 6.07) is 6.94. The first-order valence-electron chi connectivity index (χ1n) is 5.33. The summed E-state index contributed by atoms with van der Waals surface area (Å²) in [5, 5.41) is 5.73. The number of nitrogens with zero attached hydrogens (tertiary/aromatic N) is 1. The first kappa shape index (κ1) is 13.1. The molecule has 1 heterocycles. The van der Waals surface area contributed by atoms with Gasteiger partial charge in [-0.15, -0.1) is 0 Å². The normalized spacial score (nSPS) is 11.2. The molecule has 0 atom stereocenters. The number of benzene rings is 1. The second-order valence-electron chi connectivity index (χ2n) is 3.94. The number of aryl methyl sites for hydroxylation is 1. The number of hydrogen-bond acceptors (Lipinski definition) is 5. The van der Waals surface area contributed by atoms with E-state index < -0.39 is 15.6 Å². The van der Waals surface area contributed by atoms with E-state index in [1.807, 2.05) is 0 Å². The highest BCUT2D eigenvalue weighted by atomic mass is 32.2. The second kappa shape index (κ2) is 4.73. The first-order chi connectivity index (χ1) is 8.88. The molecule has 0 saturated carbocycles. The topological polar surface area (TPSA) is 118 Å². The van der Waals surface area contributed by atoms with Gasteiger partial charge in [0.2, 0.25) is 0 Å². The molecule has 0 spiro atoms. The molecule has 0 aliphatic carbocycles. The lowest BCUT2D eigenvalue weighted by Gasteiger charge is -2.09. The van der Waals surface area contributed by atoms with Crippen molar-refractivity contribution in [3.8, 4) is 0 Å². The van der Waals surface area contributed by atoms with Crippen LogP contribution in [-0.2, 0) is 10.0 Å². The zero-order chi connectivity index (χ0) is 14.0. The largest absolute Gasteiger partial charge is 0.399 e. The molecule has 7 nitrogen and oxygen atoms in total. The van der Waals surface area contributed by atoms with E-state index in [0.717, 1.165) is 0 Å². The Balaban J connectivity index is 2.37. The van der Waals surface area contributed by atoms with Gasteiger partial charge >= 0.3 is 0 Å². The standard InChI is InChI=1S/C11H12N4O3S/c1-7-6-8(12)2-3-9(7)19(17,18)15-10-4-5-11(16)14-13-10/h2-6H,12H2,1H3,(H,13,15)(H,14,16). The quantitative estimate of drug-likeness (QED) is 0.706. The van der Waals surface area contributed by atoms with Crippen molar-refractivity contribution in [1.29, 1.82) is 0 Å². The SMILES string of the molecule is Cc1cc(N)ccc1S(=O)(=O)Nc1ccc(=O)[nH]n1. The van der Waals surface area contributed by atoms with Gasteiger partial charge in [0.1, 0.15) is 0 Å². The van der Waals surface area contributed by atoms with Crippen LogP contribution in [0.15, 0.2) is 40.0 Å². The fourth-order valence-corrected chi connectivity index (χ4v) is 2.80. The number of hydrogen-bond donors (Lipinski definition) is 3. The summed E-state index contributed by atoms with van der Waals surface area (Å²) in [5.74, 6) is 0.0378. The number of H-pyrrole nitrogens is 1. The van der Waals surface area contributed by atoms with Crippen LogP contribution in [-0.4, -0.2) is 18.6 Å². The molecule has 0 bridgehead atoms. The smallest absolute Gasteiger partial charge is 0.264 e. The highest BCUT2D eigenvalue weighted by Gasteiger charge is 2.17. The van der Waals surface area contributed by atoms with Crippen LogP contribution in [0.4, 0.5) is 11.5 Å². The van der Waals surface area contributed by atoms with Crippen molar-refractivity contribution >= 4 is 21.5 Å². The lowest BCUT2D eigenvalue weighted by Crippen LogP contribution is -2.17. The van der Waals surface area contributed by atoms with Gasteiger partial charge in [-0.3, -0.25) is 9.52 Å². The maximum atomic E-state index is 12.1. The maximum absolute atomic E-state index is 12.1. The number of rotatable bonds is 3. The van der Waals surface area contributed by atoms with Crippen molar-refractivity contribution in [2.45, 2.75) is 11.8 Å². The van der Waals surface area contributed by atoms with Crippen LogP contribution in [0.5, 0.6) is 0 Å². The predicted molar refractivity (Wildman–Crippen MR) is 71.3 cm³/mol. The Morgan fingerprint density at radius 3 is 2.58 bits per heavy atom. The van der Waals surface area contributed by atoms with Crippen molar-refractivity contribution < 1.29 is 8.42 Å². The van der Waals surface area contributed by atoms with Gasteiger partial charge in [-0.05, 0) is 36.8 Å². The van der Waals surface area contributed by atoms with E-state index in [1.165, 1.54) is 24.3 Å². The van der Waals surface area contributed by atoms with E-state index in [1.54, 1.807) is 13.0 Å². The van der Waals surface area contributed by atoms with Crippen LogP contribution in [0.3, 0.4) is 0 Å². The van der Waals surface area contributed by atoms with E-state index in [0.29, 0.717) is 11.3 Å². The summed E-state index contributed by atoms with van der Waals surface area (Å²) in [7, 11) is -3.76. The van der Waals surface area contributed by atoms with Crippen LogP contribution in [0.2, 0.25) is 0 Å². The maximum Gasteiger partial charge on any atom is 0.264 e. The van der Waals surface area contributed by atoms with Gasteiger partial charge in [0.15, 0.2) is 5.82 Å². The molecule has 0 radical (unpaired) electrons. The Hall–Kier alpha value is -2.35. The zero-order valence-electron chi connectivity index (χ0n) is 10.0. The van der Waals surface area contributed by atoms with Crippen LogP contribution in [0, 0.1) is 6.92 Å². The van der Waals surface area contributed by atoms with Crippen LogP contribution >= 0.6 is 0 Å². The molecule has 4 N–H and O–H groups in total. The number of aromatic nitrogens is 2. The lowest BCUT2D eigenvalue weighted by molar-refractivity contribution is 0.600. The highest BCUT2D eigenvalue weighted by Crippen LogP contribution is 2.19. The molecule has 100 valence electrons. The van der Waals surface area contributed by atoms with Crippen LogP contribution in [0.25, 0.3) is 0 Å². The van der Waals surface area contributed by atoms with Gasteiger partial charge in [0, 0.05) is 11.8 Å². The minimum absolute atomic E-state index is 0.0378. The van der Waals surface area contributed by atoms with E-state index in [-0.39, 0.29) is 10.7 Å². The molecule has 0 unspecified atom stereocenters. The molecule has 2 rings (SSSR count). The molecule has 0 saturated heterocycles. The van der Waals surface area contributed by atoms with E-state index in [2.05, 4.69) is 14.9 Å². The lowest BCUT2D eigenvalue weighted by atomic mass is 10.2. The van der Waals surface area contributed by atoms with E-state index in [4.69, 9.17) is 5.73 Å². The predicted octanol–water partition coefficient (Wildman–Crippen LogP) is 0.461. The fraction of sp³-hybridized carbons (Fsp3) is 0.0909. The van der Waals surface area contributed by atoms with Crippen molar-refractivity contribution in [2.24, 2.45) is 0 Å². The van der Waals surface area contributed by atoms with Gasteiger partial charge in [-0.1, -0.05) is 0 Å². The van der Waals surface area contributed by atoms with Gasteiger partial charge in [0.05, 0.1) is 4.90 Å². The highest BCUT2D eigenvalue weighted by molar-refractivity contribution is 7.92. The Labute approximate surface area is 109 Å². The number of anilines is 2. The molecular weight excluding hydrogens is 268 g/mol. The zero-order valence-corrected chi connectivity index (χ0v) is 10.9. The molecule has 0 fully saturated rings. The Morgan fingerprint density at radius 2 is 2.00 bits per heavy atom. The van der Waals surface area contributed by atoms with Crippen molar-refractivity contribution in [3.05, 3.63) is 46.2 Å². The Kier molecular flexibility index (Phi) is 3.26. The van der Waals surface area contributed by atoms with Crippen molar-refractivity contribution in [2.75, 3.05) is 10.5 Å². The summed E-state index contributed by atoms with van der Waals surface area (Å²) >= 11 is 0. The number of aromatic amines is 1. The van der Waals surface area contributed by atoms with Gasteiger partial charge in [-0.2, -0.15) is 5.10 Å². The Morgan fingerprint density at radius 1 is 1.26 bits per heavy atom. The molecule has 0 amide bonds. The average molecular weight is 280 g/mol. The fourth-order valence-electron chi connectivity index (χ4n) is 1.57. The molecule has 0 aliphatic heterocycles. The van der Waals surface area contributed by atoms with Crippen molar-refractivity contribution in [3.63, 3.8) is 0 Å². The molecule has 2 aromatic rings. The minimum atomic E-state index is -3.76. The van der Waals surface area contributed by atoms with Crippen LogP contribution in [0.1, 0.15) is 5.56 Å². The van der Waals surface area contributed by atoms with Gasteiger partial charge < -0.3 is 5.73 Å². The molecule has 1 aromatic heterocycles. The number of sulfonamides is 1. The third-order valence-electron chi connectivity index (χ3n) is 2.41. The molecule has 1 aromatic carbocycles. The molecule has 8 heteroatoms. The van der Waals surface area contributed by atoms with Gasteiger partial charge in [0.25, 0.3) is 15.6 Å². The van der Waals surface area contributed by atoms with Crippen molar-refractivity contribution in [1.82, 2.24) is 10.2 Å². The first-order valence-corrected chi connectivity index (χ1v) is 6.81. The van der Waals surface area contributed by atoms with E-state index in [9.17, 15) is 13.2 Å². The molecule has 0 aliphatic rings. The van der Waals surface area contributed by atoms with Crippen LogP contribution < -0.4 is 16.0 Å². The minimum Gasteiger partial charge on any atom is -0.399 e. The number of nitrogen functional groups attached to an aromatic ring is 1. The number of nitrogens with two attached hydrogens (primary N) is 1. The summed E-state index contributed by atoms with van der Waals surface area (Å²) < 4.78 is 26.5. The number of nitrogens with one attached hydrogen (secondary N) is 2. The molecule has 19 heavy (non-hydrogen) atoms. The third kappa shape index (κ3) is 2.91.